The summed E-state index contributed by atoms with van der Waals surface area (Å²) >= 11 is 0. The third-order valence-corrected chi connectivity index (χ3v) is 8.22. The second kappa shape index (κ2) is 38.4. The molecule has 0 aromatic heterocycles. The lowest BCUT2D eigenvalue weighted by Crippen LogP contribution is -2.22. The number of hydrogen-bond donors (Lipinski definition) is 1. The summed E-state index contributed by atoms with van der Waals surface area (Å²) in [5, 5.41) is 10.1. The molecule has 0 aromatic rings. The molecule has 250 valence electrons. The molecule has 0 spiro atoms. The van der Waals surface area contributed by atoms with E-state index in [1.54, 1.807) is 0 Å². The first-order chi connectivity index (χ1) is 20.8. The van der Waals surface area contributed by atoms with Gasteiger partial charge in [-0.05, 0) is 64.2 Å². The zero-order valence-corrected chi connectivity index (χ0v) is 28.8. The zero-order valence-electron chi connectivity index (χ0n) is 28.8. The highest BCUT2D eigenvalue weighted by molar-refractivity contribution is 4.82. The van der Waals surface area contributed by atoms with Crippen molar-refractivity contribution in [1.82, 2.24) is 0 Å². The second-order valence-corrected chi connectivity index (χ2v) is 12.7. The minimum absolute atomic E-state index is 0.401. The van der Waals surface area contributed by atoms with Crippen LogP contribution in [-0.2, 0) is 9.47 Å². The van der Waals surface area contributed by atoms with Gasteiger partial charge < -0.3 is 14.6 Å². The van der Waals surface area contributed by atoms with E-state index in [2.05, 4.69) is 38.2 Å². The van der Waals surface area contributed by atoms with Crippen molar-refractivity contribution in [2.75, 3.05) is 26.4 Å². The first-order valence-corrected chi connectivity index (χ1v) is 18.9. The van der Waals surface area contributed by atoms with Gasteiger partial charge in [0.1, 0.15) is 6.10 Å². The maximum Gasteiger partial charge on any atom is 0.101 e. The van der Waals surface area contributed by atoms with Gasteiger partial charge in [-0.15, -0.1) is 0 Å². The van der Waals surface area contributed by atoms with Crippen LogP contribution in [0.3, 0.4) is 0 Å². The van der Waals surface area contributed by atoms with Crippen LogP contribution in [-0.4, -0.2) is 37.6 Å². The third kappa shape index (κ3) is 37.4. The molecule has 0 aliphatic carbocycles. The van der Waals surface area contributed by atoms with E-state index in [0.29, 0.717) is 13.2 Å². The van der Waals surface area contributed by atoms with E-state index in [0.717, 1.165) is 26.1 Å². The molecule has 0 aromatic carbocycles. The smallest absolute Gasteiger partial charge is 0.101 e. The molecular weight excluding hydrogens is 516 g/mol. The van der Waals surface area contributed by atoms with E-state index in [9.17, 15) is 5.11 Å². The van der Waals surface area contributed by atoms with Gasteiger partial charge in [-0.25, -0.2) is 0 Å². The van der Waals surface area contributed by atoms with Crippen molar-refractivity contribution in [1.29, 1.82) is 0 Å². The molecule has 0 aliphatic heterocycles. The van der Waals surface area contributed by atoms with Crippen molar-refractivity contribution in [3.63, 3.8) is 0 Å². The van der Waals surface area contributed by atoms with E-state index < -0.39 is 6.10 Å². The van der Waals surface area contributed by atoms with Crippen LogP contribution in [0.5, 0.6) is 0 Å². The molecule has 0 rings (SSSR count). The summed E-state index contributed by atoms with van der Waals surface area (Å²) < 4.78 is 11.3. The minimum Gasteiger partial charge on any atom is -0.388 e. The van der Waals surface area contributed by atoms with Gasteiger partial charge in [0, 0.05) is 13.2 Å². The Balaban J connectivity index is 3.21. The number of unbranched alkanes of at least 4 members (excludes halogenated alkanes) is 24. The van der Waals surface area contributed by atoms with E-state index in [-0.39, 0.29) is 0 Å². The highest BCUT2D eigenvalue weighted by Crippen LogP contribution is 2.12. The van der Waals surface area contributed by atoms with Crippen molar-refractivity contribution in [3.8, 4) is 0 Å². The standard InChI is InChI=1S/C39H76O3/c1-3-5-7-9-11-13-15-17-19-21-23-25-27-29-31-33-35-41-37-39(40)38-42-36-34-32-30-28-26-24-22-20-18-16-14-12-10-8-6-4-2/h17-20,39-40H,3-16,21-38H2,1-2H3/b19-17-,20-18-. The number of aliphatic hydroxyl groups is 1. The van der Waals surface area contributed by atoms with Gasteiger partial charge in [0.25, 0.3) is 0 Å². The lowest BCUT2D eigenvalue weighted by molar-refractivity contribution is -0.0201. The Morgan fingerprint density at radius 2 is 0.643 bits per heavy atom. The predicted octanol–water partition coefficient (Wildman–Crippen LogP) is 12.5. The van der Waals surface area contributed by atoms with Crippen LogP contribution < -0.4 is 0 Å². The van der Waals surface area contributed by atoms with Gasteiger partial charge in [-0.2, -0.15) is 0 Å². The lowest BCUT2D eigenvalue weighted by Gasteiger charge is -2.12. The molecular formula is C39H76O3. The van der Waals surface area contributed by atoms with Crippen molar-refractivity contribution in [3.05, 3.63) is 24.3 Å². The Hall–Kier alpha value is -0.640. The van der Waals surface area contributed by atoms with Crippen LogP contribution in [0.2, 0.25) is 0 Å². The molecule has 3 nitrogen and oxygen atoms in total. The number of allylic oxidation sites excluding steroid dienone is 4. The lowest BCUT2D eigenvalue weighted by atomic mass is 10.1. The minimum atomic E-state index is -0.492. The molecule has 1 N–H and O–H groups in total. The summed E-state index contributed by atoms with van der Waals surface area (Å²) in [6, 6.07) is 0. The number of ether oxygens (including phenoxy) is 2. The van der Waals surface area contributed by atoms with Crippen LogP contribution in [0, 0.1) is 0 Å². The number of rotatable bonds is 36. The molecule has 0 atom stereocenters. The van der Waals surface area contributed by atoms with Gasteiger partial charge in [-0.3, -0.25) is 0 Å². The maximum absolute atomic E-state index is 10.1. The second-order valence-electron chi connectivity index (χ2n) is 12.7. The fourth-order valence-electron chi connectivity index (χ4n) is 5.39. The van der Waals surface area contributed by atoms with Crippen LogP contribution >= 0.6 is 0 Å². The van der Waals surface area contributed by atoms with Crippen LogP contribution in [0.1, 0.15) is 194 Å². The molecule has 0 bridgehead atoms. The maximum atomic E-state index is 10.1. The molecule has 0 saturated heterocycles. The Kier molecular flexibility index (Phi) is 37.8. The van der Waals surface area contributed by atoms with Crippen molar-refractivity contribution >= 4 is 0 Å². The van der Waals surface area contributed by atoms with E-state index >= 15 is 0 Å². The summed E-state index contributed by atoms with van der Waals surface area (Å²) in [6.07, 6.45) is 46.1. The normalized spacial score (nSPS) is 12.1. The summed E-state index contributed by atoms with van der Waals surface area (Å²) in [7, 11) is 0. The van der Waals surface area contributed by atoms with Gasteiger partial charge in [0.15, 0.2) is 0 Å². The first-order valence-electron chi connectivity index (χ1n) is 18.9. The van der Waals surface area contributed by atoms with E-state index in [1.165, 1.54) is 167 Å². The molecule has 0 aliphatic rings. The van der Waals surface area contributed by atoms with Gasteiger partial charge in [0.05, 0.1) is 13.2 Å². The van der Waals surface area contributed by atoms with Crippen molar-refractivity contribution in [2.24, 2.45) is 0 Å². The average molecular weight is 593 g/mol. The van der Waals surface area contributed by atoms with Gasteiger partial charge >= 0.3 is 0 Å². The molecule has 0 unspecified atom stereocenters. The Bertz CT molecular complexity index is 484. The first kappa shape index (κ1) is 41.4. The van der Waals surface area contributed by atoms with Gasteiger partial charge in [0.2, 0.25) is 0 Å². The van der Waals surface area contributed by atoms with Crippen LogP contribution in [0.4, 0.5) is 0 Å². The van der Waals surface area contributed by atoms with Crippen molar-refractivity contribution < 1.29 is 14.6 Å². The number of hydrogen-bond acceptors (Lipinski definition) is 3. The molecule has 0 fully saturated rings. The average Bonchev–Trinajstić information content (AvgIpc) is 3.00. The van der Waals surface area contributed by atoms with E-state index in [1.807, 2.05) is 0 Å². The fraction of sp³-hybridized carbons (Fsp3) is 0.897. The number of aliphatic hydroxyl groups excluding tert-OH is 1. The quantitative estimate of drug-likeness (QED) is 0.0581. The Morgan fingerprint density at radius 1 is 0.381 bits per heavy atom. The summed E-state index contributed by atoms with van der Waals surface area (Å²) in [6.45, 7) is 6.88. The molecule has 0 amide bonds. The zero-order chi connectivity index (χ0) is 30.4. The SMILES string of the molecule is CCCCCCCC/C=C\CCCCCCCCOCC(O)COCCCCCCCC/C=C\CCCCCCCC. The van der Waals surface area contributed by atoms with Crippen molar-refractivity contribution in [2.45, 2.75) is 200 Å². The summed E-state index contributed by atoms with van der Waals surface area (Å²) in [4.78, 5) is 0. The molecule has 0 heterocycles. The van der Waals surface area contributed by atoms with Crippen LogP contribution in [0.15, 0.2) is 24.3 Å². The fourth-order valence-corrected chi connectivity index (χ4v) is 5.39. The molecule has 3 heteroatoms. The topological polar surface area (TPSA) is 38.7 Å². The largest absolute Gasteiger partial charge is 0.388 e. The van der Waals surface area contributed by atoms with E-state index in [4.69, 9.17) is 9.47 Å². The summed E-state index contributed by atoms with van der Waals surface area (Å²) in [5.74, 6) is 0. The monoisotopic (exact) mass is 593 g/mol. The molecule has 0 radical (unpaired) electrons. The predicted molar refractivity (Wildman–Crippen MR) is 187 cm³/mol. The van der Waals surface area contributed by atoms with Crippen LogP contribution in [0.25, 0.3) is 0 Å². The Morgan fingerprint density at radius 3 is 0.952 bits per heavy atom. The highest BCUT2D eigenvalue weighted by atomic mass is 16.5. The third-order valence-electron chi connectivity index (χ3n) is 8.22. The highest BCUT2D eigenvalue weighted by Gasteiger charge is 2.04. The van der Waals surface area contributed by atoms with Gasteiger partial charge in [-0.1, -0.05) is 154 Å². The Labute approximate surface area is 264 Å². The molecule has 0 saturated carbocycles. The summed E-state index contributed by atoms with van der Waals surface area (Å²) in [5.41, 5.74) is 0. The molecule has 42 heavy (non-hydrogen) atoms.